The monoisotopic (exact) mass is 310 g/mol. The van der Waals surface area contributed by atoms with Crippen molar-refractivity contribution in [3.8, 4) is 0 Å². The first-order valence-corrected chi connectivity index (χ1v) is 8.51. The van der Waals surface area contributed by atoms with Crippen molar-refractivity contribution in [1.82, 2.24) is 20.3 Å². The molecule has 5 nitrogen and oxygen atoms in total. The molecule has 0 unspecified atom stereocenters. The molecule has 2 rings (SSSR count). The van der Waals surface area contributed by atoms with E-state index < -0.39 is 0 Å². The van der Waals surface area contributed by atoms with Gasteiger partial charge in [-0.3, -0.25) is 4.79 Å². The number of hydrogen-bond acceptors (Lipinski definition) is 5. The lowest BCUT2D eigenvalue weighted by Gasteiger charge is -2.03. The van der Waals surface area contributed by atoms with Crippen LogP contribution >= 0.6 is 23.1 Å². The van der Waals surface area contributed by atoms with Gasteiger partial charge in [0.05, 0.1) is 10.7 Å². The van der Waals surface area contributed by atoms with Crippen LogP contribution < -0.4 is 5.32 Å². The predicted octanol–water partition coefficient (Wildman–Crippen LogP) is 2.16. The second kappa shape index (κ2) is 8.06. The van der Waals surface area contributed by atoms with Crippen molar-refractivity contribution in [1.29, 1.82) is 0 Å². The maximum Gasteiger partial charge on any atom is 0.220 e. The van der Waals surface area contributed by atoms with E-state index in [2.05, 4.69) is 25.6 Å². The molecule has 2 heterocycles. The molecular formula is C13H18N4OS2. The van der Waals surface area contributed by atoms with Crippen LogP contribution in [0.1, 0.15) is 22.9 Å². The Hall–Kier alpha value is -1.34. The topological polar surface area (TPSA) is 70.7 Å². The number of aromatic amines is 1. The van der Waals surface area contributed by atoms with E-state index in [-0.39, 0.29) is 5.91 Å². The minimum absolute atomic E-state index is 0.0958. The molecule has 2 N–H and O–H groups in total. The molecule has 0 saturated carbocycles. The molecule has 0 spiro atoms. The van der Waals surface area contributed by atoms with Crippen LogP contribution in [0.3, 0.4) is 0 Å². The third-order valence-corrected chi connectivity index (χ3v) is 4.44. The summed E-state index contributed by atoms with van der Waals surface area (Å²) in [6.45, 7) is 2.63. The van der Waals surface area contributed by atoms with Gasteiger partial charge in [0.15, 0.2) is 0 Å². The van der Waals surface area contributed by atoms with Crippen LogP contribution in [0.2, 0.25) is 0 Å². The Bertz CT molecular complexity index is 524. The van der Waals surface area contributed by atoms with Crippen molar-refractivity contribution >= 4 is 29.0 Å². The summed E-state index contributed by atoms with van der Waals surface area (Å²) < 4.78 is 0. The van der Waals surface area contributed by atoms with Gasteiger partial charge in [-0.15, -0.1) is 11.3 Å². The van der Waals surface area contributed by atoms with Gasteiger partial charge in [0.1, 0.15) is 5.82 Å². The molecule has 0 radical (unpaired) electrons. The van der Waals surface area contributed by atoms with E-state index in [1.54, 1.807) is 35.5 Å². The standard InChI is InChI=1S/C13H18N4OS2/c1-10-17-11(9-20-10)8-19-7-3-13(18)16-4-2-12-14-5-6-15-12/h5-6,9H,2-4,7-8H2,1H3,(H,14,15)(H,16,18). The summed E-state index contributed by atoms with van der Waals surface area (Å²) in [5, 5.41) is 6.07. The Morgan fingerprint density at radius 2 is 2.45 bits per heavy atom. The Balaban J connectivity index is 1.51. The number of H-pyrrole nitrogens is 1. The molecule has 0 aliphatic rings. The summed E-state index contributed by atoms with van der Waals surface area (Å²) in [6.07, 6.45) is 4.79. The van der Waals surface area contributed by atoms with Gasteiger partial charge >= 0.3 is 0 Å². The molecule has 0 aliphatic carbocycles. The number of aryl methyl sites for hydroxylation is 1. The summed E-state index contributed by atoms with van der Waals surface area (Å²) in [5.41, 5.74) is 1.11. The van der Waals surface area contributed by atoms with Crippen LogP contribution in [0.4, 0.5) is 0 Å². The molecule has 1 amide bonds. The van der Waals surface area contributed by atoms with Crippen LogP contribution in [0.15, 0.2) is 17.8 Å². The van der Waals surface area contributed by atoms with Gasteiger partial charge in [0.2, 0.25) is 5.91 Å². The highest BCUT2D eigenvalue weighted by Crippen LogP contribution is 2.15. The number of carbonyl (C=O) groups is 1. The molecule has 0 saturated heterocycles. The first-order chi connectivity index (χ1) is 9.74. The van der Waals surface area contributed by atoms with Crippen molar-refractivity contribution in [2.45, 2.75) is 25.5 Å². The first kappa shape index (κ1) is 15.1. The summed E-state index contributed by atoms with van der Waals surface area (Å²) in [4.78, 5) is 23.1. The molecule has 0 aliphatic heterocycles. The van der Waals surface area contributed by atoms with Gasteiger partial charge < -0.3 is 10.3 Å². The highest BCUT2D eigenvalue weighted by Gasteiger charge is 2.03. The average molecular weight is 310 g/mol. The number of thioether (sulfide) groups is 1. The van der Waals surface area contributed by atoms with Gasteiger partial charge in [0, 0.05) is 48.7 Å². The normalized spacial score (nSPS) is 10.7. The summed E-state index contributed by atoms with van der Waals surface area (Å²) in [6, 6.07) is 0. The maximum atomic E-state index is 11.6. The number of nitrogens with zero attached hydrogens (tertiary/aromatic N) is 2. The van der Waals surface area contributed by atoms with Gasteiger partial charge in [-0.05, 0) is 6.92 Å². The van der Waals surface area contributed by atoms with E-state index >= 15 is 0 Å². The second-order valence-corrected chi connectivity index (χ2v) is 6.46. The molecule has 2 aromatic rings. The number of nitrogens with one attached hydrogen (secondary N) is 2. The zero-order valence-electron chi connectivity index (χ0n) is 11.4. The molecule has 0 aromatic carbocycles. The molecule has 2 aromatic heterocycles. The van der Waals surface area contributed by atoms with Crippen LogP contribution in [0, 0.1) is 6.92 Å². The summed E-state index contributed by atoms with van der Waals surface area (Å²) >= 11 is 3.41. The van der Waals surface area contributed by atoms with Crippen LogP contribution in [-0.2, 0) is 17.0 Å². The largest absolute Gasteiger partial charge is 0.356 e. The van der Waals surface area contributed by atoms with Crippen molar-refractivity contribution in [2.24, 2.45) is 0 Å². The Morgan fingerprint density at radius 3 is 3.15 bits per heavy atom. The van der Waals surface area contributed by atoms with Crippen molar-refractivity contribution < 1.29 is 4.79 Å². The molecule has 0 bridgehead atoms. The highest BCUT2D eigenvalue weighted by molar-refractivity contribution is 7.98. The van der Waals surface area contributed by atoms with Crippen molar-refractivity contribution in [3.05, 3.63) is 34.3 Å². The summed E-state index contributed by atoms with van der Waals surface area (Å²) in [7, 11) is 0. The fourth-order valence-corrected chi connectivity index (χ4v) is 3.21. The lowest BCUT2D eigenvalue weighted by Crippen LogP contribution is -2.26. The van der Waals surface area contributed by atoms with Gasteiger partial charge in [-0.25, -0.2) is 9.97 Å². The number of hydrogen-bond donors (Lipinski definition) is 2. The van der Waals surface area contributed by atoms with Gasteiger partial charge in [-0.2, -0.15) is 11.8 Å². The predicted molar refractivity (Wildman–Crippen MR) is 82.9 cm³/mol. The van der Waals surface area contributed by atoms with Crippen molar-refractivity contribution in [3.63, 3.8) is 0 Å². The van der Waals surface area contributed by atoms with E-state index in [1.165, 1.54) is 0 Å². The number of carbonyl (C=O) groups excluding carboxylic acids is 1. The van der Waals surface area contributed by atoms with Gasteiger partial charge in [-0.1, -0.05) is 0 Å². The number of thiazole rings is 1. The zero-order valence-corrected chi connectivity index (χ0v) is 13.0. The highest BCUT2D eigenvalue weighted by atomic mass is 32.2. The Kier molecular flexibility index (Phi) is 6.07. The van der Waals surface area contributed by atoms with Crippen LogP contribution in [-0.4, -0.2) is 33.2 Å². The Labute approximate surface area is 126 Å². The SMILES string of the molecule is Cc1nc(CSCCC(=O)NCCc2ncc[nH]2)cs1. The molecule has 108 valence electrons. The van der Waals surface area contributed by atoms with E-state index in [4.69, 9.17) is 0 Å². The van der Waals surface area contributed by atoms with E-state index in [0.717, 1.165) is 34.5 Å². The maximum absolute atomic E-state index is 11.6. The molecule has 20 heavy (non-hydrogen) atoms. The van der Waals surface area contributed by atoms with Crippen LogP contribution in [0.5, 0.6) is 0 Å². The van der Waals surface area contributed by atoms with E-state index in [1.807, 2.05) is 6.92 Å². The van der Waals surface area contributed by atoms with Crippen LogP contribution in [0.25, 0.3) is 0 Å². The van der Waals surface area contributed by atoms with E-state index in [0.29, 0.717) is 13.0 Å². The second-order valence-electron chi connectivity index (χ2n) is 4.30. The van der Waals surface area contributed by atoms with Crippen molar-refractivity contribution in [2.75, 3.05) is 12.3 Å². The molecule has 7 heteroatoms. The zero-order chi connectivity index (χ0) is 14.2. The molecular weight excluding hydrogens is 292 g/mol. The first-order valence-electron chi connectivity index (χ1n) is 6.48. The smallest absolute Gasteiger partial charge is 0.220 e. The average Bonchev–Trinajstić information content (AvgIpc) is 3.06. The minimum Gasteiger partial charge on any atom is -0.356 e. The third kappa shape index (κ3) is 5.34. The lowest BCUT2D eigenvalue weighted by molar-refractivity contribution is -0.120. The Morgan fingerprint density at radius 1 is 1.55 bits per heavy atom. The summed E-state index contributed by atoms with van der Waals surface area (Å²) in [5.74, 6) is 2.70. The third-order valence-electron chi connectivity index (χ3n) is 2.63. The molecule has 0 fully saturated rings. The number of rotatable bonds is 8. The molecule has 0 atom stereocenters. The number of amides is 1. The van der Waals surface area contributed by atoms with E-state index in [9.17, 15) is 4.79 Å². The number of aromatic nitrogens is 3. The fourth-order valence-electron chi connectivity index (χ4n) is 1.66. The lowest BCUT2D eigenvalue weighted by atomic mass is 10.4. The van der Waals surface area contributed by atoms with Gasteiger partial charge in [0.25, 0.3) is 0 Å². The quantitative estimate of drug-likeness (QED) is 0.733. The fraction of sp³-hybridized carbons (Fsp3) is 0.462. The number of imidazole rings is 1. The minimum atomic E-state index is 0.0958.